The van der Waals surface area contributed by atoms with Crippen LogP contribution in [-0.4, -0.2) is 25.7 Å². The molecule has 0 radical (unpaired) electrons. The van der Waals surface area contributed by atoms with Crippen LogP contribution in [-0.2, 0) is 0 Å². The van der Waals surface area contributed by atoms with Gasteiger partial charge in [0.25, 0.3) is 5.91 Å². The highest BCUT2D eigenvalue weighted by atomic mass is 35.5. The molecule has 1 aliphatic rings. The van der Waals surface area contributed by atoms with E-state index in [1.54, 1.807) is 13.0 Å². The molecular formula is C18H16ClF2NO3. The molecule has 0 unspecified atom stereocenters. The minimum Gasteiger partial charge on any atom is -0.489 e. The number of nitrogens with zero attached hydrogens (tertiary/aromatic N) is 1. The molecule has 1 amide bonds. The maximum atomic E-state index is 13.5. The average Bonchev–Trinajstić information content (AvgIpc) is 2.84. The van der Waals surface area contributed by atoms with Crippen molar-refractivity contribution in [2.75, 3.05) is 24.7 Å². The number of hydrogen-bond acceptors (Lipinski definition) is 3. The third-order valence-corrected chi connectivity index (χ3v) is 4.11. The third-order valence-electron chi connectivity index (χ3n) is 3.83. The van der Waals surface area contributed by atoms with Crippen LogP contribution in [0.15, 0.2) is 30.3 Å². The van der Waals surface area contributed by atoms with E-state index in [1.165, 1.54) is 17.0 Å². The molecule has 0 fully saturated rings. The van der Waals surface area contributed by atoms with Gasteiger partial charge in [-0.3, -0.25) is 4.79 Å². The standard InChI is InChI=1S/C18H16ClF2NO3/c1-2-22(12-4-5-14(20)15(21)10-12)18(23)11-8-13(19)17-16(9-11)24-6-3-7-25-17/h4-5,8-10H,2-3,6-7H2,1H3. The first-order valence-electron chi connectivity index (χ1n) is 7.87. The number of hydrogen-bond donors (Lipinski definition) is 0. The normalized spacial score (nSPS) is 13.3. The van der Waals surface area contributed by atoms with Gasteiger partial charge in [-0.05, 0) is 31.2 Å². The Morgan fingerprint density at radius 1 is 1.16 bits per heavy atom. The van der Waals surface area contributed by atoms with Gasteiger partial charge in [-0.2, -0.15) is 0 Å². The predicted molar refractivity (Wildman–Crippen MR) is 90.8 cm³/mol. The van der Waals surface area contributed by atoms with Gasteiger partial charge in [-0.15, -0.1) is 0 Å². The molecule has 4 nitrogen and oxygen atoms in total. The van der Waals surface area contributed by atoms with Gasteiger partial charge in [0.05, 0.1) is 18.2 Å². The van der Waals surface area contributed by atoms with Crippen molar-refractivity contribution < 1.29 is 23.0 Å². The largest absolute Gasteiger partial charge is 0.489 e. The summed E-state index contributed by atoms with van der Waals surface area (Å²) in [5.74, 6) is -1.57. The van der Waals surface area contributed by atoms with Crippen molar-refractivity contribution in [1.29, 1.82) is 0 Å². The van der Waals surface area contributed by atoms with E-state index in [1.807, 2.05) is 0 Å². The molecular weight excluding hydrogens is 352 g/mol. The Morgan fingerprint density at radius 2 is 1.92 bits per heavy atom. The Bertz CT molecular complexity index is 813. The molecule has 0 N–H and O–H groups in total. The average molecular weight is 368 g/mol. The van der Waals surface area contributed by atoms with Crippen molar-refractivity contribution >= 4 is 23.2 Å². The van der Waals surface area contributed by atoms with Gasteiger partial charge in [-0.1, -0.05) is 11.6 Å². The van der Waals surface area contributed by atoms with Crippen molar-refractivity contribution in [3.05, 3.63) is 52.6 Å². The first-order chi connectivity index (χ1) is 12.0. The highest BCUT2D eigenvalue weighted by Gasteiger charge is 2.22. The lowest BCUT2D eigenvalue weighted by atomic mass is 10.1. The molecule has 132 valence electrons. The highest BCUT2D eigenvalue weighted by Crippen LogP contribution is 2.38. The summed E-state index contributed by atoms with van der Waals surface area (Å²) in [5.41, 5.74) is 0.537. The first kappa shape index (κ1) is 17.5. The number of ether oxygens (including phenoxy) is 2. The summed E-state index contributed by atoms with van der Waals surface area (Å²) in [6.45, 7) is 2.96. The molecule has 0 aromatic heterocycles. The SMILES string of the molecule is CCN(C(=O)c1cc(Cl)c2c(c1)OCCCO2)c1ccc(F)c(F)c1. The van der Waals surface area contributed by atoms with Crippen LogP contribution in [0, 0.1) is 11.6 Å². The maximum absolute atomic E-state index is 13.5. The molecule has 7 heteroatoms. The Balaban J connectivity index is 1.97. The van der Waals surface area contributed by atoms with E-state index in [-0.39, 0.29) is 22.8 Å². The van der Waals surface area contributed by atoms with E-state index in [9.17, 15) is 13.6 Å². The predicted octanol–water partition coefficient (Wildman–Crippen LogP) is 4.45. The monoisotopic (exact) mass is 367 g/mol. The number of fused-ring (bicyclic) bond motifs is 1. The number of carbonyl (C=O) groups excluding carboxylic acids is 1. The zero-order valence-electron chi connectivity index (χ0n) is 13.5. The van der Waals surface area contributed by atoms with Gasteiger partial charge in [-0.25, -0.2) is 8.78 Å². The van der Waals surface area contributed by atoms with Crippen molar-refractivity contribution in [3.8, 4) is 11.5 Å². The van der Waals surface area contributed by atoms with Crippen LogP contribution in [0.2, 0.25) is 5.02 Å². The molecule has 1 heterocycles. The van der Waals surface area contributed by atoms with Gasteiger partial charge in [0, 0.05) is 30.3 Å². The van der Waals surface area contributed by atoms with Crippen LogP contribution in [0.3, 0.4) is 0 Å². The van der Waals surface area contributed by atoms with Crippen molar-refractivity contribution in [3.63, 3.8) is 0 Å². The van der Waals surface area contributed by atoms with Crippen LogP contribution in [0.5, 0.6) is 11.5 Å². The molecule has 25 heavy (non-hydrogen) atoms. The van der Waals surface area contributed by atoms with Crippen LogP contribution < -0.4 is 14.4 Å². The number of anilines is 1. The Hall–Kier alpha value is -2.34. The lowest BCUT2D eigenvalue weighted by Crippen LogP contribution is -2.30. The summed E-state index contributed by atoms with van der Waals surface area (Å²) in [6.07, 6.45) is 0.713. The summed E-state index contributed by atoms with van der Waals surface area (Å²) in [4.78, 5) is 14.2. The van der Waals surface area contributed by atoms with Crippen LogP contribution in [0.4, 0.5) is 14.5 Å². The number of benzene rings is 2. The summed E-state index contributed by atoms with van der Waals surface area (Å²) >= 11 is 6.22. The van der Waals surface area contributed by atoms with Crippen molar-refractivity contribution in [2.24, 2.45) is 0 Å². The number of rotatable bonds is 3. The molecule has 2 aromatic rings. The topological polar surface area (TPSA) is 38.8 Å². The lowest BCUT2D eigenvalue weighted by molar-refractivity contribution is 0.0988. The second-order valence-corrected chi connectivity index (χ2v) is 5.89. The van der Waals surface area contributed by atoms with Crippen molar-refractivity contribution in [2.45, 2.75) is 13.3 Å². The number of amides is 1. The van der Waals surface area contributed by atoms with E-state index >= 15 is 0 Å². The highest BCUT2D eigenvalue weighted by molar-refractivity contribution is 6.32. The van der Waals surface area contributed by atoms with E-state index in [2.05, 4.69) is 0 Å². The summed E-state index contributed by atoms with van der Waals surface area (Å²) in [5, 5.41) is 0.268. The zero-order chi connectivity index (χ0) is 18.0. The fraction of sp³-hybridized carbons (Fsp3) is 0.278. The smallest absolute Gasteiger partial charge is 0.258 e. The molecule has 0 saturated heterocycles. The first-order valence-corrected chi connectivity index (χ1v) is 8.25. The van der Waals surface area contributed by atoms with E-state index in [0.29, 0.717) is 31.1 Å². The quantitative estimate of drug-likeness (QED) is 0.804. The Labute approximate surface area is 148 Å². The van der Waals surface area contributed by atoms with Gasteiger partial charge in [0.1, 0.15) is 0 Å². The van der Waals surface area contributed by atoms with E-state index in [4.69, 9.17) is 21.1 Å². The second-order valence-electron chi connectivity index (χ2n) is 5.48. The zero-order valence-corrected chi connectivity index (χ0v) is 14.3. The van der Waals surface area contributed by atoms with Gasteiger partial charge >= 0.3 is 0 Å². The van der Waals surface area contributed by atoms with Gasteiger partial charge < -0.3 is 14.4 Å². The third kappa shape index (κ3) is 3.54. The Kier molecular flexibility index (Phi) is 5.08. The van der Waals surface area contributed by atoms with Crippen molar-refractivity contribution in [1.82, 2.24) is 0 Å². The van der Waals surface area contributed by atoms with Crippen LogP contribution in [0.25, 0.3) is 0 Å². The van der Waals surface area contributed by atoms with Gasteiger partial charge in [0.2, 0.25) is 0 Å². The molecule has 0 aliphatic carbocycles. The summed E-state index contributed by atoms with van der Waals surface area (Å²) in [6, 6.07) is 6.37. The molecule has 3 rings (SSSR count). The lowest BCUT2D eigenvalue weighted by Gasteiger charge is -2.22. The molecule has 1 aliphatic heterocycles. The molecule has 2 aromatic carbocycles. The van der Waals surface area contributed by atoms with Gasteiger partial charge in [0.15, 0.2) is 23.1 Å². The summed E-state index contributed by atoms with van der Waals surface area (Å²) < 4.78 is 37.8. The number of halogens is 3. The van der Waals surface area contributed by atoms with Crippen LogP contribution >= 0.6 is 11.6 Å². The minimum atomic E-state index is -1.01. The van der Waals surface area contributed by atoms with E-state index in [0.717, 1.165) is 12.1 Å². The van der Waals surface area contributed by atoms with Crippen LogP contribution in [0.1, 0.15) is 23.7 Å². The maximum Gasteiger partial charge on any atom is 0.258 e. The minimum absolute atomic E-state index is 0.259. The fourth-order valence-electron chi connectivity index (χ4n) is 2.61. The number of carbonyl (C=O) groups is 1. The molecule has 0 saturated carbocycles. The second kappa shape index (κ2) is 7.27. The van der Waals surface area contributed by atoms with E-state index < -0.39 is 17.5 Å². The summed E-state index contributed by atoms with van der Waals surface area (Å²) in [7, 11) is 0. The fourth-order valence-corrected chi connectivity index (χ4v) is 2.87. The molecule has 0 atom stereocenters. The molecule has 0 bridgehead atoms. The Morgan fingerprint density at radius 3 is 2.64 bits per heavy atom. The molecule has 0 spiro atoms.